The molecular formula is C20H21FN2O3. The Kier molecular flexibility index (Phi) is 5.71. The molecule has 0 saturated carbocycles. The van der Waals surface area contributed by atoms with Crippen LogP contribution in [0.1, 0.15) is 17.5 Å². The molecule has 0 unspecified atom stereocenters. The van der Waals surface area contributed by atoms with Gasteiger partial charge in [0.15, 0.2) is 11.5 Å². The van der Waals surface area contributed by atoms with Gasteiger partial charge in [-0.25, -0.2) is 4.39 Å². The van der Waals surface area contributed by atoms with Crippen LogP contribution in [0.3, 0.4) is 0 Å². The van der Waals surface area contributed by atoms with Crippen LogP contribution >= 0.6 is 0 Å². The van der Waals surface area contributed by atoms with E-state index < -0.39 is 11.9 Å². The van der Waals surface area contributed by atoms with E-state index in [1.807, 2.05) is 12.1 Å². The Morgan fingerprint density at radius 2 is 2.00 bits per heavy atom. The summed E-state index contributed by atoms with van der Waals surface area (Å²) in [6.07, 6.45) is -0.374. The lowest BCUT2D eigenvalue weighted by atomic mass is 10.0. The van der Waals surface area contributed by atoms with E-state index in [4.69, 9.17) is 14.7 Å². The molecule has 6 heteroatoms. The van der Waals surface area contributed by atoms with Crippen LogP contribution in [0.15, 0.2) is 42.5 Å². The largest absolute Gasteiger partial charge is 0.493 e. The molecule has 136 valence electrons. The first-order chi connectivity index (χ1) is 12.6. The zero-order valence-corrected chi connectivity index (χ0v) is 14.6. The molecule has 26 heavy (non-hydrogen) atoms. The quantitative estimate of drug-likeness (QED) is 0.892. The van der Waals surface area contributed by atoms with Crippen LogP contribution in [0.4, 0.5) is 4.39 Å². The van der Waals surface area contributed by atoms with E-state index in [9.17, 15) is 9.50 Å². The summed E-state index contributed by atoms with van der Waals surface area (Å²) in [7, 11) is 1.46. The Bertz CT molecular complexity index is 789. The second kappa shape index (κ2) is 8.17. The highest BCUT2D eigenvalue weighted by molar-refractivity contribution is 5.40. The third-order valence-corrected chi connectivity index (χ3v) is 4.50. The predicted octanol–water partition coefficient (Wildman–Crippen LogP) is 2.72. The van der Waals surface area contributed by atoms with Crippen molar-refractivity contribution >= 4 is 0 Å². The van der Waals surface area contributed by atoms with Crippen molar-refractivity contribution < 1.29 is 19.0 Å². The van der Waals surface area contributed by atoms with Crippen molar-refractivity contribution in [3.63, 3.8) is 0 Å². The Hall–Kier alpha value is -2.62. The lowest BCUT2D eigenvalue weighted by Gasteiger charge is -2.36. The smallest absolute Gasteiger partial charge is 0.163 e. The van der Waals surface area contributed by atoms with Gasteiger partial charge < -0.3 is 14.6 Å². The van der Waals surface area contributed by atoms with Crippen molar-refractivity contribution in [1.82, 2.24) is 4.90 Å². The molecule has 1 heterocycles. The molecule has 1 aliphatic heterocycles. The summed E-state index contributed by atoms with van der Waals surface area (Å²) in [5, 5.41) is 19.3. The monoisotopic (exact) mass is 356 g/mol. The number of benzene rings is 2. The Balaban J connectivity index is 1.59. The number of piperidine rings is 1. The molecule has 2 aromatic carbocycles. The van der Waals surface area contributed by atoms with Crippen molar-refractivity contribution in [2.24, 2.45) is 0 Å². The third kappa shape index (κ3) is 4.31. The standard InChI is InChI=1S/C20H21FN2O3/c1-25-20-10-16(21)6-7-19(20)26-18-8-9-23(13-17(18)24)12-15-4-2-14(11-22)3-5-15/h2-7,10,17-18,24H,8-9,12-13H2,1H3/t17-,18-/m1/s1. The molecule has 0 bridgehead atoms. The number of nitrogens with zero attached hydrogens (tertiary/aromatic N) is 2. The fraction of sp³-hybridized carbons (Fsp3) is 0.350. The SMILES string of the molecule is COc1cc(F)ccc1O[C@@H]1CCN(Cc2ccc(C#N)cc2)C[C@H]1O. The van der Waals surface area contributed by atoms with E-state index in [1.54, 1.807) is 12.1 Å². The summed E-state index contributed by atoms with van der Waals surface area (Å²) in [6.45, 7) is 1.95. The highest BCUT2D eigenvalue weighted by Gasteiger charge is 2.30. The molecule has 1 N–H and O–H groups in total. The lowest BCUT2D eigenvalue weighted by Crippen LogP contribution is -2.48. The highest BCUT2D eigenvalue weighted by atomic mass is 19.1. The highest BCUT2D eigenvalue weighted by Crippen LogP contribution is 2.30. The number of β-amino-alcohol motifs (C(OH)–C–C–N with tert-alkyl or cyclic N) is 1. The van der Waals surface area contributed by atoms with Crippen LogP contribution in [0.2, 0.25) is 0 Å². The first-order valence-electron chi connectivity index (χ1n) is 8.48. The van der Waals surface area contributed by atoms with Gasteiger partial charge in [0, 0.05) is 25.7 Å². The number of hydrogen-bond donors (Lipinski definition) is 1. The van der Waals surface area contributed by atoms with Crippen LogP contribution in [0.5, 0.6) is 11.5 Å². The molecule has 1 saturated heterocycles. The lowest BCUT2D eigenvalue weighted by molar-refractivity contribution is -0.0283. The minimum Gasteiger partial charge on any atom is -0.493 e. The fourth-order valence-electron chi connectivity index (χ4n) is 3.10. The van der Waals surface area contributed by atoms with Crippen LogP contribution in [-0.2, 0) is 6.54 Å². The molecule has 0 amide bonds. The number of aliphatic hydroxyl groups excluding tert-OH is 1. The van der Waals surface area contributed by atoms with Gasteiger partial charge in [0.05, 0.1) is 18.7 Å². The molecule has 1 aliphatic rings. The molecule has 0 aliphatic carbocycles. The average Bonchev–Trinajstić information content (AvgIpc) is 2.65. The van der Waals surface area contributed by atoms with Crippen molar-refractivity contribution in [1.29, 1.82) is 5.26 Å². The minimum atomic E-state index is -0.656. The van der Waals surface area contributed by atoms with Crippen LogP contribution in [0.25, 0.3) is 0 Å². The Labute approximate surface area is 152 Å². The van der Waals surface area contributed by atoms with Gasteiger partial charge in [0.1, 0.15) is 18.0 Å². The number of nitriles is 1. The van der Waals surface area contributed by atoms with Gasteiger partial charge in [0.2, 0.25) is 0 Å². The molecule has 2 atom stereocenters. The van der Waals surface area contributed by atoms with Crippen LogP contribution in [-0.4, -0.2) is 42.4 Å². The van der Waals surface area contributed by atoms with Gasteiger partial charge in [0.25, 0.3) is 0 Å². The number of ether oxygens (including phenoxy) is 2. The summed E-state index contributed by atoms with van der Waals surface area (Å²) >= 11 is 0. The second-order valence-electron chi connectivity index (χ2n) is 6.35. The van der Waals surface area contributed by atoms with Gasteiger partial charge in [-0.05, 0) is 36.2 Å². The summed E-state index contributed by atoms with van der Waals surface area (Å²) in [5.41, 5.74) is 1.73. The van der Waals surface area contributed by atoms with Gasteiger partial charge in [-0.3, -0.25) is 4.90 Å². The maximum atomic E-state index is 13.3. The maximum absolute atomic E-state index is 13.3. The molecule has 5 nitrogen and oxygen atoms in total. The Morgan fingerprint density at radius 3 is 2.65 bits per heavy atom. The number of aliphatic hydroxyl groups is 1. The number of halogens is 1. The van der Waals surface area contributed by atoms with E-state index in [1.165, 1.54) is 25.3 Å². The van der Waals surface area contributed by atoms with Crippen molar-refractivity contribution in [3.05, 3.63) is 59.4 Å². The van der Waals surface area contributed by atoms with E-state index in [2.05, 4.69) is 11.0 Å². The molecule has 1 fully saturated rings. The molecule has 0 spiro atoms. The fourth-order valence-corrected chi connectivity index (χ4v) is 3.10. The van der Waals surface area contributed by atoms with Gasteiger partial charge >= 0.3 is 0 Å². The van der Waals surface area contributed by atoms with Gasteiger partial charge in [-0.1, -0.05) is 12.1 Å². The third-order valence-electron chi connectivity index (χ3n) is 4.50. The molecule has 0 radical (unpaired) electrons. The molecule has 2 aromatic rings. The first-order valence-corrected chi connectivity index (χ1v) is 8.48. The van der Waals surface area contributed by atoms with Gasteiger partial charge in [-0.2, -0.15) is 5.26 Å². The predicted molar refractivity (Wildman–Crippen MR) is 94.4 cm³/mol. The number of methoxy groups -OCH3 is 1. The summed E-state index contributed by atoms with van der Waals surface area (Å²) in [4.78, 5) is 2.15. The summed E-state index contributed by atoms with van der Waals surface area (Å²) in [6, 6.07) is 13.6. The van der Waals surface area contributed by atoms with Gasteiger partial charge in [-0.15, -0.1) is 0 Å². The van der Waals surface area contributed by atoms with E-state index in [0.717, 1.165) is 12.1 Å². The number of hydrogen-bond acceptors (Lipinski definition) is 5. The average molecular weight is 356 g/mol. The maximum Gasteiger partial charge on any atom is 0.163 e. The zero-order valence-electron chi connectivity index (χ0n) is 14.6. The van der Waals surface area contributed by atoms with Crippen molar-refractivity contribution in [3.8, 4) is 17.6 Å². The van der Waals surface area contributed by atoms with Crippen LogP contribution in [0, 0.1) is 17.1 Å². The molecular weight excluding hydrogens is 335 g/mol. The Morgan fingerprint density at radius 1 is 1.23 bits per heavy atom. The first kappa shape index (κ1) is 18.2. The van der Waals surface area contributed by atoms with E-state index >= 15 is 0 Å². The second-order valence-corrected chi connectivity index (χ2v) is 6.35. The minimum absolute atomic E-state index is 0.317. The summed E-state index contributed by atoms with van der Waals surface area (Å²) < 4.78 is 24.3. The number of likely N-dealkylation sites (tertiary alicyclic amines) is 1. The van der Waals surface area contributed by atoms with Crippen molar-refractivity contribution in [2.75, 3.05) is 20.2 Å². The van der Waals surface area contributed by atoms with Crippen LogP contribution < -0.4 is 9.47 Å². The molecule has 0 aromatic heterocycles. The topological polar surface area (TPSA) is 65.7 Å². The molecule has 3 rings (SSSR count). The van der Waals surface area contributed by atoms with Crippen molar-refractivity contribution in [2.45, 2.75) is 25.2 Å². The summed E-state index contributed by atoms with van der Waals surface area (Å²) in [5.74, 6) is 0.350. The number of rotatable bonds is 5. The zero-order chi connectivity index (χ0) is 18.5. The normalized spacial score (nSPS) is 20.4. The van der Waals surface area contributed by atoms with E-state index in [0.29, 0.717) is 36.6 Å². The van der Waals surface area contributed by atoms with E-state index in [-0.39, 0.29) is 6.10 Å².